The molecule has 1 rings (SSSR count). The van der Waals surface area contributed by atoms with Gasteiger partial charge < -0.3 is 23.7 Å². The average molecular weight is 374 g/mol. The second-order valence-corrected chi connectivity index (χ2v) is 6.57. The van der Waals surface area contributed by atoms with Crippen molar-refractivity contribution in [3.05, 3.63) is 0 Å². The molecule has 0 aromatic carbocycles. The first-order valence-electron chi connectivity index (χ1n) is 9.78. The van der Waals surface area contributed by atoms with E-state index in [1.54, 1.807) is 6.92 Å². The molecule has 1 fully saturated rings. The number of rotatable bonds is 8. The molecule has 1 aliphatic heterocycles. The van der Waals surface area contributed by atoms with Crippen molar-refractivity contribution < 1.29 is 33.3 Å². The van der Waals surface area contributed by atoms with Crippen LogP contribution in [0.5, 0.6) is 0 Å². The Balaban J connectivity index is 2.87. The third-order valence-corrected chi connectivity index (χ3v) is 3.92. The second kappa shape index (κ2) is 13.1. The Kier molecular flexibility index (Phi) is 11.5. The topological polar surface area (TPSA) is 80.3 Å². The lowest BCUT2D eigenvalue weighted by Gasteiger charge is -2.34. The zero-order valence-corrected chi connectivity index (χ0v) is 16.4. The van der Waals surface area contributed by atoms with Crippen LogP contribution < -0.4 is 0 Å². The first-order chi connectivity index (χ1) is 12.5. The van der Waals surface area contributed by atoms with Crippen molar-refractivity contribution in [3.8, 4) is 0 Å². The van der Waals surface area contributed by atoms with E-state index in [0.717, 1.165) is 25.7 Å². The summed E-state index contributed by atoms with van der Waals surface area (Å²) < 4.78 is 28.3. The fourth-order valence-electron chi connectivity index (χ4n) is 2.37. The number of carbonyl (C=O) groups excluding carboxylic acids is 2. The average Bonchev–Trinajstić information content (AvgIpc) is 2.62. The van der Waals surface area contributed by atoms with Crippen LogP contribution in [-0.2, 0) is 33.3 Å². The van der Waals surface area contributed by atoms with E-state index in [0.29, 0.717) is 26.1 Å². The Morgan fingerprint density at radius 2 is 1.50 bits per heavy atom. The van der Waals surface area contributed by atoms with Gasteiger partial charge in [-0.2, -0.15) is 0 Å². The number of hydrogen-bond donors (Lipinski definition) is 0. The number of carbonyl (C=O) groups is 2. The summed E-state index contributed by atoms with van der Waals surface area (Å²) in [5.74, 6) is -2.12. The van der Waals surface area contributed by atoms with Gasteiger partial charge in [-0.1, -0.05) is 26.7 Å². The normalized spacial score (nSPS) is 22.5. The third kappa shape index (κ3) is 9.50. The first kappa shape index (κ1) is 22.9. The van der Waals surface area contributed by atoms with Crippen LogP contribution in [0.1, 0.15) is 72.1 Å². The van der Waals surface area contributed by atoms with E-state index < -0.39 is 12.1 Å². The van der Waals surface area contributed by atoms with Crippen molar-refractivity contribution in [2.45, 2.75) is 84.2 Å². The Morgan fingerprint density at radius 1 is 0.962 bits per heavy atom. The van der Waals surface area contributed by atoms with Gasteiger partial charge in [0.25, 0.3) is 0 Å². The molecule has 0 radical (unpaired) electrons. The van der Waals surface area contributed by atoms with Crippen LogP contribution >= 0.6 is 0 Å². The van der Waals surface area contributed by atoms with Crippen LogP contribution in [0.25, 0.3) is 0 Å². The molecule has 7 nitrogen and oxygen atoms in total. The summed E-state index contributed by atoms with van der Waals surface area (Å²) in [5.41, 5.74) is 0. The van der Waals surface area contributed by atoms with Gasteiger partial charge in [-0.05, 0) is 32.6 Å². The van der Waals surface area contributed by atoms with E-state index in [9.17, 15) is 9.59 Å². The summed E-state index contributed by atoms with van der Waals surface area (Å²) in [6.45, 7) is 6.69. The highest BCUT2D eigenvalue weighted by Gasteiger charge is 2.38. The smallest absolute Gasteiger partial charge is 0.319 e. The van der Waals surface area contributed by atoms with Gasteiger partial charge in [-0.3, -0.25) is 9.59 Å². The molecule has 152 valence electrons. The SMILES string of the molecule is CCCCOC1(OCCCC)COC(=O)CCCCC(=O)OCC(C)O1. The standard InChI is InChI=1S/C19H34O7/c1-4-6-12-24-19(25-13-7-5-2)15-23-18(21)11-9-8-10-17(20)22-14-16(3)26-19/h16H,4-15H2,1-3H3. The van der Waals surface area contributed by atoms with Gasteiger partial charge >= 0.3 is 17.9 Å². The van der Waals surface area contributed by atoms with Gasteiger partial charge in [-0.25, -0.2) is 0 Å². The summed E-state index contributed by atoms with van der Waals surface area (Å²) in [7, 11) is 0. The fourth-order valence-corrected chi connectivity index (χ4v) is 2.37. The molecular weight excluding hydrogens is 340 g/mol. The van der Waals surface area contributed by atoms with Crippen molar-refractivity contribution in [1.29, 1.82) is 0 Å². The number of cyclic esters (lactones) is 2. The van der Waals surface area contributed by atoms with Gasteiger partial charge in [0.1, 0.15) is 6.61 Å². The maximum atomic E-state index is 12.0. The lowest BCUT2D eigenvalue weighted by molar-refractivity contribution is -0.404. The van der Waals surface area contributed by atoms with Gasteiger partial charge in [0, 0.05) is 12.8 Å². The van der Waals surface area contributed by atoms with Crippen LogP contribution in [0, 0.1) is 0 Å². The van der Waals surface area contributed by atoms with E-state index in [4.69, 9.17) is 23.7 Å². The summed E-state index contributed by atoms with van der Waals surface area (Å²) in [6.07, 6.45) is 4.81. The molecule has 1 aliphatic rings. The molecule has 1 unspecified atom stereocenters. The van der Waals surface area contributed by atoms with Crippen LogP contribution in [0.3, 0.4) is 0 Å². The van der Waals surface area contributed by atoms with Gasteiger partial charge in [-0.15, -0.1) is 0 Å². The molecule has 0 aromatic heterocycles. The van der Waals surface area contributed by atoms with Crippen molar-refractivity contribution >= 4 is 11.9 Å². The summed E-state index contributed by atoms with van der Waals surface area (Å²) in [6, 6.07) is 0. The Labute approximate surface area is 156 Å². The zero-order valence-electron chi connectivity index (χ0n) is 16.4. The Hall–Kier alpha value is -1.18. The minimum atomic E-state index is -1.47. The predicted octanol–water partition coefficient (Wildman–Crippen LogP) is 3.34. The van der Waals surface area contributed by atoms with Crippen LogP contribution in [0.4, 0.5) is 0 Å². The number of hydrogen-bond acceptors (Lipinski definition) is 7. The summed E-state index contributed by atoms with van der Waals surface area (Å²) in [5, 5.41) is 0. The lowest BCUT2D eigenvalue weighted by atomic mass is 10.2. The summed E-state index contributed by atoms with van der Waals surface area (Å²) >= 11 is 0. The highest BCUT2D eigenvalue weighted by atomic mass is 16.9. The highest BCUT2D eigenvalue weighted by molar-refractivity contribution is 5.70. The number of ether oxygens (including phenoxy) is 5. The minimum Gasteiger partial charge on any atom is -0.463 e. The fraction of sp³-hybridized carbons (Fsp3) is 0.895. The lowest BCUT2D eigenvalue weighted by Crippen LogP contribution is -2.48. The second-order valence-electron chi connectivity index (χ2n) is 6.57. The van der Waals surface area contributed by atoms with Crippen LogP contribution in [-0.4, -0.2) is 50.4 Å². The minimum absolute atomic E-state index is 0.100. The molecule has 0 aromatic rings. The van der Waals surface area contributed by atoms with Crippen LogP contribution in [0.2, 0.25) is 0 Å². The summed E-state index contributed by atoms with van der Waals surface area (Å²) in [4.78, 5) is 23.7. The van der Waals surface area contributed by atoms with Gasteiger partial charge in [0.15, 0.2) is 6.61 Å². The molecule has 1 heterocycles. The molecule has 0 saturated carbocycles. The maximum Gasteiger partial charge on any atom is 0.319 e. The van der Waals surface area contributed by atoms with E-state index in [1.165, 1.54) is 0 Å². The zero-order chi connectivity index (χ0) is 19.3. The maximum absolute atomic E-state index is 12.0. The molecule has 0 N–H and O–H groups in total. The van der Waals surface area contributed by atoms with Gasteiger partial charge in [0.2, 0.25) is 0 Å². The highest BCUT2D eigenvalue weighted by Crippen LogP contribution is 2.22. The Morgan fingerprint density at radius 3 is 2.04 bits per heavy atom. The van der Waals surface area contributed by atoms with Crippen LogP contribution in [0.15, 0.2) is 0 Å². The largest absolute Gasteiger partial charge is 0.463 e. The molecule has 1 atom stereocenters. The molecule has 0 bridgehead atoms. The number of unbranched alkanes of at least 4 members (excludes halogenated alkanes) is 2. The van der Waals surface area contributed by atoms with E-state index >= 15 is 0 Å². The van der Waals surface area contributed by atoms with E-state index in [1.807, 2.05) is 0 Å². The molecular formula is C19H34O7. The third-order valence-electron chi connectivity index (χ3n) is 3.92. The van der Waals surface area contributed by atoms with Crippen molar-refractivity contribution in [1.82, 2.24) is 0 Å². The molecule has 0 amide bonds. The molecule has 0 spiro atoms. The van der Waals surface area contributed by atoms with Crippen molar-refractivity contribution in [3.63, 3.8) is 0 Å². The molecule has 7 heteroatoms. The molecule has 0 aliphatic carbocycles. The monoisotopic (exact) mass is 374 g/mol. The van der Waals surface area contributed by atoms with E-state index in [-0.39, 0.29) is 38.0 Å². The van der Waals surface area contributed by atoms with Gasteiger partial charge in [0.05, 0.1) is 19.3 Å². The molecule has 26 heavy (non-hydrogen) atoms. The quantitative estimate of drug-likeness (QED) is 0.366. The first-order valence-corrected chi connectivity index (χ1v) is 9.78. The number of esters is 2. The van der Waals surface area contributed by atoms with Crippen molar-refractivity contribution in [2.75, 3.05) is 26.4 Å². The molecule has 1 saturated heterocycles. The predicted molar refractivity (Wildman–Crippen MR) is 95.4 cm³/mol. The van der Waals surface area contributed by atoms with E-state index in [2.05, 4.69) is 13.8 Å². The Bertz CT molecular complexity index is 401. The van der Waals surface area contributed by atoms with Crippen molar-refractivity contribution in [2.24, 2.45) is 0 Å².